The molecule has 10 heteroatoms. The molecule has 8 nitrogen and oxygen atoms in total. The number of esters is 1. The fourth-order valence-corrected chi connectivity index (χ4v) is 6.47. The van der Waals surface area contributed by atoms with Crippen LogP contribution in [0.25, 0.3) is 0 Å². The number of benzene rings is 4. The van der Waals surface area contributed by atoms with Gasteiger partial charge in [-0.3, -0.25) is 14.5 Å². The summed E-state index contributed by atoms with van der Waals surface area (Å²) in [6.45, 7) is -0.334. The van der Waals surface area contributed by atoms with E-state index >= 15 is 0 Å². The van der Waals surface area contributed by atoms with E-state index in [2.05, 4.69) is 5.32 Å². The third-order valence-corrected chi connectivity index (χ3v) is 8.65. The van der Waals surface area contributed by atoms with Crippen molar-refractivity contribution in [2.75, 3.05) is 19.0 Å². The van der Waals surface area contributed by atoms with E-state index in [9.17, 15) is 18.8 Å². The lowest BCUT2D eigenvalue weighted by atomic mass is 10.0. The summed E-state index contributed by atoms with van der Waals surface area (Å²) in [6.07, 6.45) is -0.743. The smallest absolute Gasteiger partial charge is 0.356 e. The van der Waals surface area contributed by atoms with Crippen LogP contribution in [0.2, 0.25) is 0 Å². The molecule has 2 amide bonds. The summed E-state index contributed by atoms with van der Waals surface area (Å²) in [6, 6.07) is 32.4. The number of fused-ring (bicyclic) bond motifs is 1. The molecule has 1 saturated heterocycles. The number of halogens is 1. The van der Waals surface area contributed by atoms with Crippen LogP contribution in [-0.2, 0) is 19.1 Å². The molecule has 0 radical (unpaired) electrons. The van der Waals surface area contributed by atoms with Gasteiger partial charge in [0.15, 0.2) is 12.7 Å². The highest BCUT2D eigenvalue weighted by Gasteiger charge is 2.54. The number of β-lactam (4-membered cyclic amide) rings is 1. The maximum Gasteiger partial charge on any atom is 0.356 e. The number of amides is 2. The van der Waals surface area contributed by atoms with Gasteiger partial charge >= 0.3 is 5.97 Å². The quantitative estimate of drug-likeness (QED) is 0.180. The van der Waals surface area contributed by atoms with Crippen molar-refractivity contribution in [3.63, 3.8) is 0 Å². The minimum atomic E-state index is -0.852. The molecule has 2 atom stereocenters. The van der Waals surface area contributed by atoms with Crippen LogP contribution in [0, 0.1) is 5.82 Å². The molecule has 2 aliphatic rings. The summed E-state index contributed by atoms with van der Waals surface area (Å²) in [7, 11) is 0. The Morgan fingerprint density at radius 3 is 2.11 bits per heavy atom. The van der Waals surface area contributed by atoms with Crippen molar-refractivity contribution < 1.29 is 33.0 Å². The van der Waals surface area contributed by atoms with Crippen molar-refractivity contribution in [3.05, 3.63) is 143 Å². The molecule has 4 aromatic rings. The van der Waals surface area contributed by atoms with Crippen molar-refractivity contribution in [3.8, 4) is 11.5 Å². The second-order valence-corrected chi connectivity index (χ2v) is 11.5. The van der Waals surface area contributed by atoms with E-state index in [4.69, 9.17) is 14.2 Å². The molecule has 0 bridgehead atoms. The van der Waals surface area contributed by atoms with E-state index < -0.39 is 41.1 Å². The first-order valence-electron chi connectivity index (χ1n) is 14.3. The molecule has 0 spiro atoms. The third-order valence-electron chi connectivity index (χ3n) is 7.31. The normalized spacial score (nSPS) is 17.3. The van der Waals surface area contributed by atoms with Gasteiger partial charge in [-0.25, -0.2) is 9.18 Å². The summed E-state index contributed by atoms with van der Waals surface area (Å²) in [5, 5.41) is 2.21. The Hall–Kier alpha value is -5.09. The van der Waals surface area contributed by atoms with Gasteiger partial charge in [0.1, 0.15) is 41.0 Å². The number of hydrogen-bond donors (Lipinski definition) is 1. The van der Waals surface area contributed by atoms with Crippen LogP contribution >= 0.6 is 11.8 Å². The number of hydrogen-bond acceptors (Lipinski definition) is 7. The average Bonchev–Trinajstić information content (AvgIpc) is 3.08. The van der Waals surface area contributed by atoms with Crippen molar-refractivity contribution in [2.24, 2.45) is 0 Å². The van der Waals surface area contributed by atoms with Gasteiger partial charge in [-0.1, -0.05) is 84.9 Å². The molecular formula is C35H29FN2O6S. The first-order chi connectivity index (χ1) is 22.0. The minimum Gasteiger partial charge on any atom is -0.489 e. The van der Waals surface area contributed by atoms with Crippen LogP contribution in [0.5, 0.6) is 11.5 Å². The standard InChI is InChI=1S/C35H29FN2O6S/c36-26-15-10-18-28(19-26)42-20-25-22-45-34-30(37-29(39)21-43-27-16-8-3-9-17-27)33(40)38(34)31(25)35(41)44-32(23-11-4-1-5-12-23)24-13-6-2-7-14-24/h1-19,30,32,34H,20-22H2,(H,37,39)/t30?,34-/m1/s1. The monoisotopic (exact) mass is 624 g/mol. The second kappa shape index (κ2) is 13.7. The van der Waals surface area contributed by atoms with Crippen molar-refractivity contribution in [1.29, 1.82) is 0 Å². The number of thioether (sulfide) groups is 1. The molecule has 0 aromatic heterocycles. The average molecular weight is 625 g/mol. The first kappa shape index (κ1) is 30.0. The Morgan fingerprint density at radius 1 is 0.844 bits per heavy atom. The first-order valence-corrected chi connectivity index (χ1v) is 15.4. The number of carbonyl (C=O) groups is 3. The largest absolute Gasteiger partial charge is 0.489 e. The van der Waals surface area contributed by atoms with E-state index in [1.165, 1.54) is 34.9 Å². The Bertz CT molecular complexity index is 1660. The number of nitrogens with one attached hydrogen (secondary N) is 1. The van der Waals surface area contributed by atoms with Crippen LogP contribution in [0.15, 0.2) is 127 Å². The van der Waals surface area contributed by atoms with Gasteiger partial charge in [-0.15, -0.1) is 11.8 Å². The Labute approximate surface area is 263 Å². The summed E-state index contributed by atoms with van der Waals surface area (Å²) >= 11 is 1.39. The van der Waals surface area contributed by atoms with E-state index in [1.807, 2.05) is 66.7 Å². The van der Waals surface area contributed by atoms with Crippen molar-refractivity contribution >= 4 is 29.5 Å². The highest BCUT2D eigenvalue weighted by Crippen LogP contribution is 2.41. The predicted octanol–water partition coefficient (Wildman–Crippen LogP) is 5.27. The number of nitrogens with zero attached hydrogens (tertiary/aromatic N) is 1. The van der Waals surface area contributed by atoms with E-state index in [1.54, 1.807) is 30.3 Å². The summed E-state index contributed by atoms with van der Waals surface area (Å²) in [5.74, 6) is -0.939. The third kappa shape index (κ3) is 6.86. The maximum absolute atomic E-state index is 14.0. The van der Waals surface area contributed by atoms with Gasteiger partial charge in [-0.2, -0.15) is 0 Å². The second-order valence-electron chi connectivity index (χ2n) is 10.4. The Morgan fingerprint density at radius 2 is 1.47 bits per heavy atom. The van der Waals surface area contributed by atoms with Crippen LogP contribution in [0.4, 0.5) is 4.39 Å². The molecule has 1 N–H and O–H groups in total. The van der Waals surface area contributed by atoms with Crippen LogP contribution in [-0.4, -0.2) is 53.1 Å². The molecule has 0 saturated carbocycles. The van der Waals surface area contributed by atoms with Gasteiger partial charge in [0, 0.05) is 17.4 Å². The number of carbonyl (C=O) groups excluding carboxylic acids is 3. The maximum atomic E-state index is 14.0. The van der Waals surface area contributed by atoms with Crippen LogP contribution in [0.1, 0.15) is 17.2 Å². The predicted molar refractivity (Wildman–Crippen MR) is 167 cm³/mol. The molecule has 1 fully saturated rings. The topological polar surface area (TPSA) is 94.2 Å². The fourth-order valence-electron chi connectivity index (χ4n) is 5.14. The molecule has 2 aliphatic heterocycles. The van der Waals surface area contributed by atoms with E-state index in [0.29, 0.717) is 17.1 Å². The van der Waals surface area contributed by atoms with Crippen molar-refractivity contribution in [2.45, 2.75) is 17.5 Å². The molecule has 45 heavy (non-hydrogen) atoms. The van der Waals surface area contributed by atoms with Gasteiger partial charge in [0.2, 0.25) is 0 Å². The lowest BCUT2D eigenvalue weighted by molar-refractivity contribution is -0.155. The fraction of sp³-hybridized carbons (Fsp3) is 0.171. The lowest BCUT2D eigenvalue weighted by Crippen LogP contribution is -2.71. The lowest BCUT2D eigenvalue weighted by Gasteiger charge is -2.49. The summed E-state index contributed by atoms with van der Waals surface area (Å²) in [4.78, 5) is 41.6. The van der Waals surface area contributed by atoms with Crippen molar-refractivity contribution in [1.82, 2.24) is 10.2 Å². The Balaban J connectivity index is 1.24. The van der Waals surface area contributed by atoms with Crippen LogP contribution < -0.4 is 14.8 Å². The molecule has 2 heterocycles. The van der Waals surface area contributed by atoms with Gasteiger partial charge in [0.25, 0.3) is 11.8 Å². The molecule has 1 unspecified atom stereocenters. The number of para-hydroxylation sites is 1. The molecule has 4 aromatic carbocycles. The van der Waals surface area contributed by atoms with E-state index in [-0.39, 0.29) is 24.7 Å². The van der Waals surface area contributed by atoms with E-state index in [0.717, 1.165) is 11.1 Å². The molecule has 6 rings (SSSR count). The highest BCUT2D eigenvalue weighted by molar-refractivity contribution is 8.00. The Kier molecular flexibility index (Phi) is 9.11. The number of rotatable bonds is 11. The molecule has 228 valence electrons. The summed E-state index contributed by atoms with van der Waals surface area (Å²) < 4.78 is 31.3. The zero-order valence-electron chi connectivity index (χ0n) is 24.0. The number of ether oxygens (including phenoxy) is 3. The zero-order valence-corrected chi connectivity index (χ0v) is 24.8. The minimum absolute atomic E-state index is 0.0584. The zero-order chi connectivity index (χ0) is 31.2. The van der Waals surface area contributed by atoms with Gasteiger partial charge < -0.3 is 19.5 Å². The molecular weight excluding hydrogens is 595 g/mol. The highest BCUT2D eigenvalue weighted by atomic mass is 32.2. The summed E-state index contributed by atoms with van der Waals surface area (Å²) in [5.41, 5.74) is 2.09. The van der Waals surface area contributed by atoms with Gasteiger partial charge in [-0.05, 0) is 35.4 Å². The van der Waals surface area contributed by atoms with Crippen LogP contribution in [0.3, 0.4) is 0 Å². The van der Waals surface area contributed by atoms with Gasteiger partial charge in [0.05, 0.1) is 0 Å². The molecule has 0 aliphatic carbocycles. The SMILES string of the molecule is O=C(COc1ccccc1)NC1C(=O)N2C(C(=O)OC(c3ccccc3)c3ccccc3)=C(COc3cccc(F)c3)CS[C@H]12.